The Morgan fingerprint density at radius 2 is 2.11 bits per heavy atom. The van der Waals surface area contributed by atoms with Crippen molar-refractivity contribution >= 4 is 0 Å². The maximum absolute atomic E-state index is 13.6. The van der Waals surface area contributed by atoms with E-state index in [-0.39, 0.29) is 0 Å². The Balaban J connectivity index is 2.12. The van der Waals surface area contributed by atoms with Gasteiger partial charge in [0.05, 0.1) is 13.1 Å². The highest BCUT2D eigenvalue weighted by atomic mass is 19.1. The van der Waals surface area contributed by atoms with Crippen LogP contribution in [0.4, 0.5) is 8.78 Å². The molecule has 2 aromatic rings. The molecule has 0 aliphatic heterocycles. The van der Waals surface area contributed by atoms with Crippen LogP contribution >= 0.6 is 0 Å². The molecule has 0 saturated heterocycles. The fraction of sp³-hybridized carbons (Fsp3) is 0.357. The van der Waals surface area contributed by atoms with Crippen molar-refractivity contribution in [3.63, 3.8) is 0 Å². The van der Waals surface area contributed by atoms with Crippen molar-refractivity contribution in [3.05, 3.63) is 53.6 Å². The highest BCUT2D eigenvalue weighted by Gasteiger charge is 2.08. The molecular formula is C14H17F2N3. The molecule has 3 nitrogen and oxygen atoms in total. The van der Waals surface area contributed by atoms with E-state index < -0.39 is 11.6 Å². The van der Waals surface area contributed by atoms with Gasteiger partial charge in [-0.1, -0.05) is 19.9 Å². The summed E-state index contributed by atoms with van der Waals surface area (Å²) < 4.78 is 28.3. The lowest BCUT2D eigenvalue weighted by molar-refractivity contribution is 0.542. The molecule has 1 heterocycles. The zero-order valence-corrected chi connectivity index (χ0v) is 11.0. The number of halogens is 2. The Morgan fingerprint density at radius 1 is 1.32 bits per heavy atom. The smallest absolute Gasteiger partial charge is 0.131 e. The molecule has 0 saturated carbocycles. The zero-order chi connectivity index (χ0) is 13.8. The average molecular weight is 265 g/mol. The van der Waals surface area contributed by atoms with Crippen LogP contribution in [0.5, 0.6) is 0 Å². The van der Waals surface area contributed by atoms with Gasteiger partial charge in [-0.3, -0.25) is 0 Å². The molecule has 19 heavy (non-hydrogen) atoms. The standard InChI is InChI=1S/C14H17F2N3/c1-10(2)18-8-14-17-5-6-19(14)9-11-3-4-12(15)7-13(11)16/h3-7,10,18H,8-9H2,1-2H3. The highest BCUT2D eigenvalue weighted by molar-refractivity contribution is 5.19. The van der Waals surface area contributed by atoms with E-state index in [0.29, 0.717) is 24.7 Å². The van der Waals surface area contributed by atoms with Crippen LogP contribution in [0, 0.1) is 11.6 Å². The lowest BCUT2D eigenvalue weighted by Crippen LogP contribution is -2.24. The molecule has 0 fully saturated rings. The summed E-state index contributed by atoms with van der Waals surface area (Å²) in [5, 5.41) is 3.26. The van der Waals surface area contributed by atoms with Crippen LogP contribution < -0.4 is 5.32 Å². The van der Waals surface area contributed by atoms with Crippen molar-refractivity contribution < 1.29 is 8.78 Å². The van der Waals surface area contributed by atoms with Gasteiger partial charge in [0.15, 0.2) is 0 Å². The molecule has 0 bridgehead atoms. The Kier molecular flexibility index (Phi) is 4.27. The maximum atomic E-state index is 13.6. The van der Waals surface area contributed by atoms with Crippen LogP contribution in [-0.2, 0) is 13.1 Å². The molecule has 0 spiro atoms. The molecule has 1 N–H and O–H groups in total. The van der Waals surface area contributed by atoms with Crippen LogP contribution in [0.1, 0.15) is 25.2 Å². The molecule has 102 valence electrons. The summed E-state index contributed by atoms with van der Waals surface area (Å²) in [5.74, 6) is -0.262. The predicted octanol–water partition coefficient (Wildman–Crippen LogP) is 2.71. The molecule has 0 unspecified atom stereocenters. The normalized spacial score (nSPS) is 11.2. The number of nitrogens with one attached hydrogen (secondary N) is 1. The van der Waals surface area contributed by atoms with Crippen LogP contribution in [0.15, 0.2) is 30.6 Å². The summed E-state index contributed by atoms with van der Waals surface area (Å²) in [4.78, 5) is 4.24. The predicted molar refractivity (Wildman–Crippen MR) is 69.7 cm³/mol. The molecule has 1 aromatic heterocycles. The highest BCUT2D eigenvalue weighted by Crippen LogP contribution is 2.12. The van der Waals surface area contributed by atoms with Crippen molar-refractivity contribution in [3.8, 4) is 0 Å². The lowest BCUT2D eigenvalue weighted by Gasteiger charge is -2.11. The summed E-state index contributed by atoms with van der Waals surface area (Å²) in [6.07, 6.45) is 3.47. The molecule has 0 radical (unpaired) electrons. The summed E-state index contributed by atoms with van der Waals surface area (Å²) >= 11 is 0. The van der Waals surface area contributed by atoms with Gasteiger partial charge in [0, 0.05) is 30.1 Å². The second kappa shape index (κ2) is 5.93. The second-order valence-corrected chi connectivity index (χ2v) is 4.74. The van der Waals surface area contributed by atoms with Gasteiger partial charge in [-0.25, -0.2) is 13.8 Å². The van der Waals surface area contributed by atoms with Gasteiger partial charge >= 0.3 is 0 Å². The van der Waals surface area contributed by atoms with E-state index in [1.165, 1.54) is 12.1 Å². The van der Waals surface area contributed by atoms with Gasteiger partial charge in [0.1, 0.15) is 17.5 Å². The number of nitrogens with zero attached hydrogens (tertiary/aromatic N) is 2. The summed E-state index contributed by atoms with van der Waals surface area (Å²) in [7, 11) is 0. The van der Waals surface area contributed by atoms with Crippen LogP contribution in [0.3, 0.4) is 0 Å². The van der Waals surface area contributed by atoms with E-state index >= 15 is 0 Å². The quantitative estimate of drug-likeness (QED) is 0.900. The molecule has 0 aliphatic rings. The number of hydrogen-bond acceptors (Lipinski definition) is 2. The van der Waals surface area contributed by atoms with E-state index in [0.717, 1.165) is 11.9 Å². The average Bonchev–Trinajstić information content (AvgIpc) is 2.77. The van der Waals surface area contributed by atoms with E-state index in [2.05, 4.69) is 10.3 Å². The SMILES string of the molecule is CC(C)NCc1nccn1Cc1ccc(F)cc1F. The number of hydrogen-bond donors (Lipinski definition) is 1. The first kappa shape index (κ1) is 13.7. The number of benzene rings is 1. The van der Waals surface area contributed by atoms with Gasteiger partial charge in [-0.2, -0.15) is 0 Å². The molecule has 0 amide bonds. The van der Waals surface area contributed by atoms with E-state index in [1.807, 2.05) is 18.4 Å². The molecule has 2 rings (SSSR count). The van der Waals surface area contributed by atoms with Gasteiger partial charge in [-0.05, 0) is 6.07 Å². The first-order valence-corrected chi connectivity index (χ1v) is 6.23. The van der Waals surface area contributed by atoms with Gasteiger partial charge < -0.3 is 9.88 Å². The Morgan fingerprint density at radius 3 is 2.79 bits per heavy atom. The first-order valence-electron chi connectivity index (χ1n) is 6.23. The Bertz CT molecular complexity index is 549. The monoisotopic (exact) mass is 265 g/mol. The second-order valence-electron chi connectivity index (χ2n) is 4.74. The topological polar surface area (TPSA) is 29.9 Å². The van der Waals surface area contributed by atoms with Crippen LogP contribution in [0.2, 0.25) is 0 Å². The van der Waals surface area contributed by atoms with E-state index in [9.17, 15) is 8.78 Å². The number of rotatable bonds is 5. The maximum Gasteiger partial charge on any atom is 0.131 e. The van der Waals surface area contributed by atoms with E-state index in [4.69, 9.17) is 0 Å². The van der Waals surface area contributed by atoms with Crippen molar-refractivity contribution in [2.24, 2.45) is 0 Å². The van der Waals surface area contributed by atoms with Gasteiger partial charge in [0.25, 0.3) is 0 Å². The summed E-state index contributed by atoms with van der Waals surface area (Å²) in [6.45, 7) is 5.06. The van der Waals surface area contributed by atoms with Crippen LogP contribution in [-0.4, -0.2) is 15.6 Å². The van der Waals surface area contributed by atoms with Crippen LogP contribution in [0.25, 0.3) is 0 Å². The molecule has 1 aromatic carbocycles. The minimum absolute atomic E-state index is 0.348. The minimum Gasteiger partial charge on any atom is -0.329 e. The zero-order valence-electron chi connectivity index (χ0n) is 11.0. The molecule has 0 atom stereocenters. The van der Waals surface area contributed by atoms with Crippen molar-refractivity contribution in [1.29, 1.82) is 0 Å². The summed E-state index contributed by atoms with van der Waals surface area (Å²) in [6, 6.07) is 3.98. The Labute approximate surface area is 111 Å². The van der Waals surface area contributed by atoms with Gasteiger partial charge in [0.2, 0.25) is 0 Å². The molecule has 5 heteroatoms. The minimum atomic E-state index is -0.562. The third kappa shape index (κ3) is 3.61. The van der Waals surface area contributed by atoms with E-state index in [1.54, 1.807) is 12.4 Å². The lowest BCUT2D eigenvalue weighted by atomic mass is 10.2. The van der Waals surface area contributed by atoms with Crippen molar-refractivity contribution in [2.75, 3.05) is 0 Å². The number of imidazole rings is 1. The molecular weight excluding hydrogens is 248 g/mol. The largest absolute Gasteiger partial charge is 0.329 e. The molecule has 0 aliphatic carbocycles. The first-order chi connectivity index (χ1) is 9.06. The third-order valence-electron chi connectivity index (χ3n) is 2.83. The third-order valence-corrected chi connectivity index (χ3v) is 2.83. The van der Waals surface area contributed by atoms with Crippen molar-refractivity contribution in [2.45, 2.75) is 33.0 Å². The van der Waals surface area contributed by atoms with Crippen molar-refractivity contribution in [1.82, 2.24) is 14.9 Å². The summed E-state index contributed by atoms with van der Waals surface area (Å²) in [5.41, 5.74) is 0.449. The van der Waals surface area contributed by atoms with Gasteiger partial charge in [-0.15, -0.1) is 0 Å². The fourth-order valence-electron chi connectivity index (χ4n) is 1.78. The fourth-order valence-corrected chi connectivity index (χ4v) is 1.78. The Hall–Kier alpha value is -1.75. The number of aromatic nitrogens is 2.